The van der Waals surface area contributed by atoms with Gasteiger partial charge in [0.25, 0.3) is 11.8 Å². The second-order valence-corrected chi connectivity index (χ2v) is 17.5. The molecule has 304 valence electrons. The van der Waals surface area contributed by atoms with Gasteiger partial charge >= 0.3 is 0 Å². The van der Waals surface area contributed by atoms with Gasteiger partial charge in [-0.2, -0.15) is 0 Å². The molecule has 2 aliphatic heterocycles. The number of rotatable bonds is 10. The van der Waals surface area contributed by atoms with Gasteiger partial charge in [0.2, 0.25) is 0 Å². The third kappa shape index (κ3) is 10.2. The number of piperidine rings is 2. The molecule has 2 amide bonds. The monoisotopic (exact) mass is 828 g/mol. The Bertz CT molecular complexity index is 1990. The van der Waals surface area contributed by atoms with Crippen LogP contribution in [0.3, 0.4) is 0 Å². The second-order valence-electron chi connectivity index (χ2n) is 16.6. The highest BCUT2D eigenvalue weighted by atomic mass is 35.5. The molecule has 0 bridgehead atoms. The number of carbonyl (C=O) groups is 4. The van der Waals surface area contributed by atoms with Crippen LogP contribution in [0.25, 0.3) is 0 Å². The first kappa shape index (κ1) is 41.7. The smallest absolute Gasteiger partial charge is 0.251 e. The van der Waals surface area contributed by atoms with Gasteiger partial charge in [-0.15, -0.1) is 0 Å². The van der Waals surface area contributed by atoms with Crippen molar-refractivity contribution in [2.75, 3.05) is 39.3 Å². The van der Waals surface area contributed by atoms with Crippen molar-refractivity contribution in [3.8, 4) is 0 Å². The first-order chi connectivity index (χ1) is 27.7. The fourth-order valence-electron chi connectivity index (χ4n) is 8.44. The number of Topliss-reactive ketones (excluding diaryl/α,β-unsaturated/α-hetero) is 2. The number of nitrogens with zero attached hydrogens (tertiary/aromatic N) is 2. The van der Waals surface area contributed by atoms with E-state index in [1.54, 1.807) is 0 Å². The molecular weight excluding hydrogens is 781 g/mol. The molecule has 12 heteroatoms. The van der Waals surface area contributed by atoms with Crippen LogP contribution in [0.4, 0.5) is 8.78 Å². The lowest BCUT2D eigenvalue weighted by Gasteiger charge is -2.32. The zero-order valence-corrected chi connectivity index (χ0v) is 34.3. The van der Waals surface area contributed by atoms with Crippen molar-refractivity contribution in [3.63, 3.8) is 0 Å². The maximum atomic E-state index is 13.5. The Morgan fingerprint density at radius 1 is 0.569 bits per heavy atom. The van der Waals surface area contributed by atoms with E-state index in [4.69, 9.17) is 23.2 Å². The van der Waals surface area contributed by atoms with E-state index in [2.05, 4.69) is 20.4 Å². The van der Waals surface area contributed by atoms with Crippen LogP contribution in [0, 0.1) is 36.3 Å². The Balaban J connectivity index is 0.000000177. The number of ketones is 2. The van der Waals surface area contributed by atoms with Crippen LogP contribution >= 0.6 is 23.2 Å². The van der Waals surface area contributed by atoms with Crippen LogP contribution in [0.1, 0.15) is 91.1 Å². The molecule has 4 aromatic carbocycles. The number of benzene rings is 4. The fourth-order valence-corrected chi connectivity index (χ4v) is 8.89. The van der Waals surface area contributed by atoms with Crippen LogP contribution in [0.5, 0.6) is 0 Å². The van der Waals surface area contributed by atoms with Crippen molar-refractivity contribution < 1.29 is 28.0 Å². The Labute approximate surface area is 348 Å². The molecule has 2 aliphatic carbocycles. The normalized spacial score (nSPS) is 20.4. The van der Waals surface area contributed by atoms with Gasteiger partial charge in [0, 0.05) is 44.4 Å². The molecule has 2 N–H and O–H groups in total. The Morgan fingerprint density at radius 3 is 1.24 bits per heavy atom. The van der Waals surface area contributed by atoms with E-state index in [1.807, 2.05) is 62.4 Å². The average Bonchev–Trinajstić information content (AvgIpc) is 4.07. The number of amides is 2. The molecule has 2 saturated carbocycles. The van der Waals surface area contributed by atoms with Crippen molar-refractivity contribution in [1.82, 2.24) is 20.4 Å². The van der Waals surface area contributed by atoms with E-state index in [-0.39, 0.29) is 67.5 Å². The zero-order chi connectivity index (χ0) is 41.2. The van der Waals surface area contributed by atoms with E-state index in [0.717, 1.165) is 87.0 Å². The molecule has 2 saturated heterocycles. The first-order valence-electron chi connectivity index (χ1n) is 19.9. The third-order valence-corrected chi connectivity index (χ3v) is 12.9. The van der Waals surface area contributed by atoms with Gasteiger partial charge < -0.3 is 10.6 Å². The Kier molecular flexibility index (Phi) is 12.5. The molecule has 4 fully saturated rings. The minimum Gasteiger partial charge on any atom is -0.349 e. The van der Waals surface area contributed by atoms with Crippen molar-refractivity contribution in [2.24, 2.45) is 10.8 Å². The largest absolute Gasteiger partial charge is 0.349 e. The molecule has 8 rings (SSSR count). The lowest BCUT2D eigenvalue weighted by molar-refractivity contribution is 0.0865. The molecule has 0 aromatic heterocycles. The van der Waals surface area contributed by atoms with Crippen LogP contribution in [0.15, 0.2) is 84.9 Å². The number of nitrogens with one attached hydrogen (secondary N) is 2. The topological polar surface area (TPSA) is 98.8 Å². The summed E-state index contributed by atoms with van der Waals surface area (Å²) in [5.41, 5.74) is 4.50. The van der Waals surface area contributed by atoms with Crippen LogP contribution in [-0.2, 0) is 0 Å². The Morgan fingerprint density at radius 2 is 0.914 bits per heavy atom. The van der Waals surface area contributed by atoms with Gasteiger partial charge in [0.05, 0.1) is 13.1 Å². The predicted octanol–water partition coefficient (Wildman–Crippen LogP) is 8.51. The highest BCUT2D eigenvalue weighted by molar-refractivity contribution is 6.31. The third-order valence-electron chi connectivity index (χ3n) is 12.4. The highest BCUT2D eigenvalue weighted by Gasteiger charge is 2.56. The minimum atomic E-state index is -0.514. The molecular formula is C46H48Cl2F2N4O4. The Hall–Kier alpha value is -4.48. The SMILES string of the molecule is Cc1ccc(C(=O)CN2CCC3(CC2)CC3NC(=O)c2cc(F)cc(Cl)c2)cc1.Cc1ccc(C(=O)CN2CCC3(CC2)C[C@H]3NC(=O)c2cc(F)cc(Cl)c2)cc1. The van der Waals surface area contributed by atoms with Crippen LogP contribution in [-0.4, -0.2) is 84.5 Å². The molecule has 0 radical (unpaired) electrons. The number of likely N-dealkylation sites (tertiary alicyclic amines) is 2. The van der Waals surface area contributed by atoms with E-state index in [0.29, 0.717) is 13.1 Å². The summed E-state index contributed by atoms with van der Waals surface area (Å²) >= 11 is 11.7. The van der Waals surface area contributed by atoms with E-state index >= 15 is 0 Å². The van der Waals surface area contributed by atoms with Gasteiger partial charge in [0.1, 0.15) is 11.6 Å². The number of halogens is 4. The summed E-state index contributed by atoms with van der Waals surface area (Å²) in [6, 6.07) is 23.3. The lowest BCUT2D eigenvalue weighted by atomic mass is 9.92. The van der Waals surface area contributed by atoms with Crippen LogP contribution < -0.4 is 10.6 Å². The number of carbonyl (C=O) groups excluding carboxylic acids is 4. The van der Waals surface area contributed by atoms with Gasteiger partial charge in [-0.3, -0.25) is 29.0 Å². The summed E-state index contributed by atoms with van der Waals surface area (Å²) in [4.78, 5) is 54.2. The molecule has 2 atom stereocenters. The molecule has 1 unspecified atom stereocenters. The summed E-state index contributed by atoms with van der Waals surface area (Å²) in [6.45, 7) is 8.24. The highest BCUT2D eigenvalue weighted by Crippen LogP contribution is 2.55. The lowest BCUT2D eigenvalue weighted by Crippen LogP contribution is -2.41. The molecule has 4 aromatic rings. The summed E-state index contributed by atoms with van der Waals surface area (Å²) < 4.78 is 27.0. The molecule has 58 heavy (non-hydrogen) atoms. The zero-order valence-electron chi connectivity index (χ0n) is 32.8. The van der Waals surface area contributed by atoms with Gasteiger partial charge in [-0.05, 0) is 126 Å². The average molecular weight is 830 g/mol. The molecule has 4 aliphatic rings. The van der Waals surface area contributed by atoms with E-state index in [1.165, 1.54) is 36.4 Å². The maximum absolute atomic E-state index is 13.5. The summed E-state index contributed by atoms with van der Waals surface area (Å²) in [6.07, 6.45) is 5.65. The molecule has 2 heterocycles. The number of hydrogen-bond acceptors (Lipinski definition) is 6. The van der Waals surface area contributed by atoms with Gasteiger partial charge in [-0.25, -0.2) is 8.78 Å². The fraction of sp³-hybridized carbons (Fsp3) is 0.391. The standard InChI is InChI=1S/2C23H24ClFN2O2/c2*1-15-2-4-16(5-3-15)20(28)14-27-8-6-23(7-9-27)13-21(23)26-22(29)17-10-18(24)12-19(25)11-17/h2*2-5,10-12,21H,6-9,13-14H2,1H3,(H,26,29)/t21-;/m1./s1. The molecule has 2 spiro atoms. The summed E-state index contributed by atoms with van der Waals surface area (Å²) in [5, 5.41) is 6.47. The van der Waals surface area contributed by atoms with Crippen LogP contribution in [0.2, 0.25) is 10.0 Å². The quantitative estimate of drug-likeness (QED) is 0.156. The van der Waals surface area contributed by atoms with E-state index in [9.17, 15) is 28.0 Å². The van der Waals surface area contributed by atoms with Crippen molar-refractivity contribution in [1.29, 1.82) is 0 Å². The number of hydrogen-bond donors (Lipinski definition) is 2. The predicted molar refractivity (Wildman–Crippen MR) is 222 cm³/mol. The van der Waals surface area contributed by atoms with Gasteiger partial charge in [-0.1, -0.05) is 82.9 Å². The second kappa shape index (κ2) is 17.4. The molecule has 8 nitrogen and oxygen atoms in total. The summed E-state index contributed by atoms with van der Waals surface area (Å²) in [5.74, 6) is -1.32. The summed E-state index contributed by atoms with van der Waals surface area (Å²) in [7, 11) is 0. The van der Waals surface area contributed by atoms with Gasteiger partial charge in [0.15, 0.2) is 11.6 Å². The first-order valence-corrected chi connectivity index (χ1v) is 20.6. The number of aryl methyl sites for hydroxylation is 2. The van der Waals surface area contributed by atoms with Crippen molar-refractivity contribution >= 4 is 46.6 Å². The maximum Gasteiger partial charge on any atom is 0.251 e. The van der Waals surface area contributed by atoms with E-state index < -0.39 is 11.6 Å². The van der Waals surface area contributed by atoms with Crippen molar-refractivity contribution in [3.05, 3.63) is 140 Å². The minimum absolute atomic E-state index is 0.104. The van der Waals surface area contributed by atoms with Crippen molar-refractivity contribution in [2.45, 2.75) is 64.5 Å².